The standard InChI is InChI=1S/C15H12FNO2/c1-19-13-4-2-3-12(14(13)16)15(18)11-7-5-10(9-17)6-8-11/h2-8,15,18H,1H3. The number of halogens is 1. The average Bonchev–Trinajstić information content (AvgIpc) is 2.47. The predicted molar refractivity (Wildman–Crippen MR) is 68.2 cm³/mol. The van der Waals surface area contributed by atoms with Crippen LogP contribution < -0.4 is 4.74 Å². The van der Waals surface area contributed by atoms with E-state index in [9.17, 15) is 9.50 Å². The van der Waals surface area contributed by atoms with Crippen LogP contribution in [0, 0.1) is 17.1 Å². The van der Waals surface area contributed by atoms with E-state index >= 15 is 0 Å². The topological polar surface area (TPSA) is 53.2 Å². The minimum atomic E-state index is -1.09. The first-order chi connectivity index (χ1) is 9.17. The summed E-state index contributed by atoms with van der Waals surface area (Å²) in [5.74, 6) is -0.493. The van der Waals surface area contributed by atoms with Crippen LogP contribution in [0.5, 0.6) is 5.75 Å². The van der Waals surface area contributed by atoms with Gasteiger partial charge in [0.15, 0.2) is 11.6 Å². The molecule has 96 valence electrons. The number of aliphatic hydroxyl groups is 1. The van der Waals surface area contributed by atoms with Gasteiger partial charge in [0, 0.05) is 5.56 Å². The molecule has 1 atom stereocenters. The van der Waals surface area contributed by atoms with Crippen molar-refractivity contribution in [2.75, 3.05) is 7.11 Å². The normalized spacial score (nSPS) is 11.7. The Kier molecular flexibility index (Phi) is 3.79. The van der Waals surface area contributed by atoms with Crippen molar-refractivity contribution >= 4 is 0 Å². The number of benzene rings is 2. The number of rotatable bonds is 3. The highest BCUT2D eigenvalue weighted by Gasteiger charge is 2.17. The monoisotopic (exact) mass is 257 g/mol. The molecule has 2 aromatic rings. The number of methoxy groups -OCH3 is 1. The van der Waals surface area contributed by atoms with Crippen molar-refractivity contribution in [3.8, 4) is 11.8 Å². The summed E-state index contributed by atoms with van der Waals surface area (Å²) in [5, 5.41) is 18.9. The van der Waals surface area contributed by atoms with Crippen LogP contribution in [0.25, 0.3) is 0 Å². The van der Waals surface area contributed by atoms with Gasteiger partial charge in [-0.3, -0.25) is 0 Å². The van der Waals surface area contributed by atoms with Crippen molar-refractivity contribution in [3.05, 3.63) is 65.0 Å². The predicted octanol–water partition coefficient (Wildman–Crippen LogP) is 2.79. The molecule has 0 saturated carbocycles. The third-order valence-corrected chi connectivity index (χ3v) is 2.86. The van der Waals surface area contributed by atoms with Gasteiger partial charge in [-0.05, 0) is 23.8 Å². The summed E-state index contributed by atoms with van der Waals surface area (Å²) in [6.45, 7) is 0. The van der Waals surface area contributed by atoms with E-state index in [1.165, 1.54) is 19.2 Å². The van der Waals surface area contributed by atoms with Crippen molar-refractivity contribution in [2.45, 2.75) is 6.10 Å². The molecule has 2 rings (SSSR count). The molecule has 1 unspecified atom stereocenters. The molecule has 0 aliphatic rings. The van der Waals surface area contributed by atoms with E-state index in [0.717, 1.165) is 0 Å². The van der Waals surface area contributed by atoms with Gasteiger partial charge in [0.05, 0.1) is 18.7 Å². The number of nitriles is 1. The zero-order valence-electron chi connectivity index (χ0n) is 10.3. The molecule has 0 fully saturated rings. The van der Waals surface area contributed by atoms with Gasteiger partial charge in [-0.2, -0.15) is 5.26 Å². The van der Waals surface area contributed by atoms with E-state index in [0.29, 0.717) is 11.1 Å². The first-order valence-corrected chi connectivity index (χ1v) is 5.68. The van der Waals surface area contributed by atoms with Crippen LogP contribution in [0.4, 0.5) is 4.39 Å². The van der Waals surface area contributed by atoms with E-state index in [2.05, 4.69) is 0 Å². The molecule has 4 heteroatoms. The number of nitrogens with zero attached hydrogens (tertiary/aromatic N) is 1. The van der Waals surface area contributed by atoms with Crippen LogP contribution in [-0.4, -0.2) is 12.2 Å². The van der Waals surface area contributed by atoms with Gasteiger partial charge in [0.1, 0.15) is 6.10 Å². The molecule has 0 saturated heterocycles. The molecule has 2 aromatic carbocycles. The van der Waals surface area contributed by atoms with Crippen molar-refractivity contribution in [3.63, 3.8) is 0 Å². The third kappa shape index (κ3) is 2.56. The Morgan fingerprint density at radius 1 is 1.21 bits per heavy atom. The van der Waals surface area contributed by atoms with Gasteiger partial charge in [-0.1, -0.05) is 24.3 Å². The molecule has 19 heavy (non-hydrogen) atoms. The summed E-state index contributed by atoms with van der Waals surface area (Å²) in [5.41, 5.74) is 1.15. The lowest BCUT2D eigenvalue weighted by molar-refractivity contribution is 0.213. The second-order valence-corrected chi connectivity index (χ2v) is 4.00. The summed E-state index contributed by atoms with van der Waals surface area (Å²) in [6, 6.07) is 13.0. The lowest BCUT2D eigenvalue weighted by atomic mass is 10.00. The van der Waals surface area contributed by atoms with Gasteiger partial charge in [-0.15, -0.1) is 0 Å². The van der Waals surface area contributed by atoms with Crippen molar-refractivity contribution in [1.29, 1.82) is 5.26 Å². The smallest absolute Gasteiger partial charge is 0.171 e. The van der Waals surface area contributed by atoms with Crippen LogP contribution in [0.2, 0.25) is 0 Å². The summed E-state index contributed by atoms with van der Waals surface area (Å²) in [7, 11) is 1.37. The van der Waals surface area contributed by atoms with Crippen LogP contribution in [-0.2, 0) is 0 Å². The SMILES string of the molecule is COc1cccc(C(O)c2ccc(C#N)cc2)c1F. The van der Waals surface area contributed by atoms with Crippen LogP contribution >= 0.6 is 0 Å². The first-order valence-electron chi connectivity index (χ1n) is 5.68. The zero-order chi connectivity index (χ0) is 13.8. The summed E-state index contributed by atoms with van der Waals surface area (Å²) in [6.07, 6.45) is -1.09. The summed E-state index contributed by atoms with van der Waals surface area (Å²) < 4.78 is 18.9. The van der Waals surface area contributed by atoms with Crippen LogP contribution in [0.15, 0.2) is 42.5 Å². The van der Waals surface area contributed by atoms with E-state index in [1.807, 2.05) is 6.07 Å². The Balaban J connectivity index is 2.38. The number of ether oxygens (including phenoxy) is 1. The minimum Gasteiger partial charge on any atom is -0.494 e. The number of hydrogen-bond acceptors (Lipinski definition) is 3. The van der Waals surface area contributed by atoms with Crippen molar-refractivity contribution in [2.24, 2.45) is 0 Å². The molecule has 1 N–H and O–H groups in total. The molecule has 0 aliphatic heterocycles. The first kappa shape index (κ1) is 13.1. The quantitative estimate of drug-likeness (QED) is 0.919. The van der Waals surface area contributed by atoms with Gasteiger partial charge in [0.25, 0.3) is 0 Å². The fraction of sp³-hybridized carbons (Fsp3) is 0.133. The van der Waals surface area contributed by atoms with Crippen LogP contribution in [0.3, 0.4) is 0 Å². The summed E-state index contributed by atoms with van der Waals surface area (Å²) in [4.78, 5) is 0. The molecule has 0 bridgehead atoms. The molecular weight excluding hydrogens is 245 g/mol. The van der Waals surface area contributed by atoms with E-state index in [-0.39, 0.29) is 11.3 Å². The lowest BCUT2D eigenvalue weighted by Gasteiger charge is -2.14. The minimum absolute atomic E-state index is 0.0881. The second kappa shape index (κ2) is 5.51. The number of hydrogen-bond donors (Lipinski definition) is 1. The van der Waals surface area contributed by atoms with E-state index in [4.69, 9.17) is 10.00 Å². The molecule has 3 nitrogen and oxygen atoms in total. The third-order valence-electron chi connectivity index (χ3n) is 2.86. The van der Waals surface area contributed by atoms with Crippen molar-refractivity contribution < 1.29 is 14.2 Å². The van der Waals surface area contributed by atoms with Gasteiger partial charge < -0.3 is 9.84 Å². The molecule has 0 amide bonds. The highest BCUT2D eigenvalue weighted by Crippen LogP contribution is 2.29. The Bertz CT molecular complexity index is 617. The zero-order valence-corrected chi connectivity index (χ0v) is 10.3. The fourth-order valence-corrected chi connectivity index (χ4v) is 1.82. The largest absolute Gasteiger partial charge is 0.494 e. The Morgan fingerprint density at radius 2 is 1.89 bits per heavy atom. The highest BCUT2D eigenvalue weighted by atomic mass is 19.1. The lowest BCUT2D eigenvalue weighted by Crippen LogP contribution is -2.04. The molecule has 0 radical (unpaired) electrons. The Hall–Kier alpha value is -2.38. The average molecular weight is 257 g/mol. The molecule has 0 aromatic heterocycles. The van der Waals surface area contributed by atoms with Crippen molar-refractivity contribution in [1.82, 2.24) is 0 Å². The number of aliphatic hydroxyl groups excluding tert-OH is 1. The molecule has 0 aliphatic carbocycles. The second-order valence-electron chi connectivity index (χ2n) is 4.00. The maximum Gasteiger partial charge on any atom is 0.171 e. The molecule has 0 heterocycles. The maximum atomic E-state index is 14.0. The highest BCUT2D eigenvalue weighted by molar-refractivity contribution is 5.39. The van der Waals surface area contributed by atoms with Gasteiger partial charge in [-0.25, -0.2) is 4.39 Å². The molecule has 0 spiro atoms. The van der Waals surface area contributed by atoms with Crippen LogP contribution in [0.1, 0.15) is 22.8 Å². The summed E-state index contributed by atoms with van der Waals surface area (Å²) >= 11 is 0. The van der Waals surface area contributed by atoms with E-state index in [1.54, 1.807) is 30.3 Å². The Morgan fingerprint density at radius 3 is 2.47 bits per heavy atom. The van der Waals surface area contributed by atoms with E-state index < -0.39 is 11.9 Å². The molecular formula is C15H12FNO2. The maximum absolute atomic E-state index is 14.0. The Labute approximate surface area is 110 Å². The van der Waals surface area contributed by atoms with Gasteiger partial charge in [0.2, 0.25) is 0 Å². The van der Waals surface area contributed by atoms with Gasteiger partial charge >= 0.3 is 0 Å². The fourth-order valence-electron chi connectivity index (χ4n) is 1.82.